The zero-order valence-corrected chi connectivity index (χ0v) is 17.7. The monoisotopic (exact) mass is 436 g/mol. The van der Waals surface area contributed by atoms with E-state index in [-0.39, 0.29) is 17.6 Å². The number of benzene rings is 2. The number of carbonyl (C=O) groups is 1. The highest BCUT2D eigenvalue weighted by atomic mass is 35.5. The summed E-state index contributed by atoms with van der Waals surface area (Å²) in [5, 5.41) is 3.45. The van der Waals surface area contributed by atoms with Gasteiger partial charge < -0.3 is 10.1 Å². The van der Waals surface area contributed by atoms with Crippen LogP contribution in [-0.4, -0.2) is 44.9 Å². The van der Waals surface area contributed by atoms with Crippen LogP contribution in [0.4, 0.5) is 0 Å². The van der Waals surface area contributed by atoms with Crippen molar-refractivity contribution >= 4 is 27.5 Å². The molecule has 0 aromatic heterocycles. The minimum absolute atomic E-state index is 0.0450. The number of piperidine rings is 1. The van der Waals surface area contributed by atoms with E-state index in [4.69, 9.17) is 16.3 Å². The van der Waals surface area contributed by atoms with E-state index in [1.165, 1.54) is 4.31 Å². The lowest BCUT2D eigenvalue weighted by Gasteiger charge is -2.30. The fourth-order valence-corrected chi connectivity index (χ4v) is 4.97. The van der Waals surface area contributed by atoms with Crippen LogP contribution in [0.3, 0.4) is 0 Å². The number of para-hydroxylation sites is 1. The molecule has 156 valence electrons. The number of carbonyl (C=O) groups excluding carboxylic acids is 1. The van der Waals surface area contributed by atoms with Crippen molar-refractivity contribution in [2.75, 3.05) is 26.2 Å². The molecule has 0 unspecified atom stereocenters. The van der Waals surface area contributed by atoms with Gasteiger partial charge in [-0.15, -0.1) is 0 Å². The Balaban J connectivity index is 1.40. The molecule has 3 rings (SSSR count). The Labute approximate surface area is 176 Å². The maximum atomic E-state index is 12.6. The molecule has 0 aliphatic carbocycles. The summed E-state index contributed by atoms with van der Waals surface area (Å²) in [6, 6.07) is 16.2. The van der Waals surface area contributed by atoms with E-state index >= 15 is 0 Å². The summed E-state index contributed by atoms with van der Waals surface area (Å²) in [6.07, 6.45) is 1.04. The van der Waals surface area contributed by atoms with E-state index in [1.54, 1.807) is 24.3 Å². The fourth-order valence-electron chi connectivity index (χ4n) is 3.28. The number of halogens is 1. The summed E-state index contributed by atoms with van der Waals surface area (Å²) in [5.41, 5.74) is 0.702. The van der Waals surface area contributed by atoms with E-state index in [1.807, 2.05) is 30.3 Å². The fraction of sp³-hybridized carbons (Fsp3) is 0.381. The number of hydrogen-bond donors (Lipinski definition) is 1. The molecule has 1 N–H and O–H groups in total. The summed E-state index contributed by atoms with van der Waals surface area (Å²) in [5.74, 6) is 0.490. The molecule has 0 bridgehead atoms. The quantitative estimate of drug-likeness (QED) is 0.645. The van der Waals surface area contributed by atoms with Crippen LogP contribution in [0.1, 0.15) is 18.4 Å². The Kier molecular flexibility index (Phi) is 7.52. The van der Waals surface area contributed by atoms with Gasteiger partial charge in [0.1, 0.15) is 12.4 Å². The summed E-state index contributed by atoms with van der Waals surface area (Å²) >= 11 is 5.85. The van der Waals surface area contributed by atoms with Gasteiger partial charge in [-0.3, -0.25) is 4.79 Å². The highest BCUT2D eigenvalue weighted by molar-refractivity contribution is 7.88. The summed E-state index contributed by atoms with van der Waals surface area (Å²) in [6.45, 7) is 1.52. The van der Waals surface area contributed by atoms with Gasteiger partial charge in [0.25, 0.3) is 0 Å². The number of nitrogens with zero attached hydrogens (tertiary/aromatic N) is 1. The van der Waals surface area contributed by atoms with Crippen LogP contribution in [0.5, 0.6) is 5.75 Å². The second-order valence-corrected chi connectivity index (χ2v) is 9.41. The Morgan fingerprint density at radius 1 is 1.07 bits per heavy atom. The molecule has 1 amide bonds. The smallest absolute Gasteiger partial charge is 0.223 e. The number of ether oxygens (including phenoxy) is 1. The van der Waals surface area contributed by atoms with Gasteiger partial charge in [-0.2, -0.15) is 0 Å². The normalized spacial score (nSPS) is 15.8. The van der Waals surface area contributed by atoms with Gasteiger partial charge in [0.05, 0.1) is 12.3 Å². The van der Waals surface area contributed by atoms with Crippen molar-refractivity contribution in [3.63, 3.8) is 0 Å². The van der Waals surface area contributed by atoms with Crippen LogP contribution in [-0.2, 0) is 20.6 Å². The molecule has 2 aromatic carbocycles. The topological polar surface area (TPSA) is 75.7 Å². The first-order valence-corrected chi connectivity index (χ1v) is 11.6. The molecule has 0 atom stereocenters. The maximum Gasteiger partial charge on any atom is 0.223 e. The van der Waals surface area contributed by atoms with Crippen LogP contribution >= 0.6 is 11.6 Å². The molecule has 29 heavy (non-hydrogen) atoms. The lowest BCUT2D eigenvalue weighted by molar-refractivity contribution is -0.126. The summed E-state index contributed by atoms with van der Waals surface area (Å²) in [4.78, 5) is 12.3. The van der Waals surface area contributed by atoms with Crippen LogP contribution in [0.25, 0.3) is 0 Å². The van der Waals surface area contributed by atoms with Crippen molar-refractivity contribution < 1.29 is 17.9 Å². The van der Waals surface area contributed by atoms with Crippen LogP contribution in [0.2, 0.25) is 5.02 Å². The third kappa shape index (κ3) is 6.45. The Bertz CT molecular complexity index is 896. The minimum atomic E-state index is -3.41. The first kappa shape index (κ1) is 21.6. The second kappa shape index (κ2) is 10.1. The molecule has 8 heteroatoms. The van der Waals surface area contributed by atoms with Crippen molar-refractivity contribution in [1.29, 1.82) is 0 Å². The molecule has 1 fully saturated rings. The molecular formula is C21H25ClN2O4S. The lowest BCUT2D eigenvalue weighted by atomic mass is 9.97. The molecule has 1 aliphatic heterocycles. The van der Waals surface area contributed by atoms with E-state index in [0.717, 1.165) is 5.75 Å². The third-order valence-corrected chi connectivity index (χ3v) is 7.00. The van der Waals surface area contributed by atoms with Crippen LogP contribution in [0, 0.1) is 5.92 Å². The van der Waals surface area contributed by atoms with Crippen LogP contribution < -0.4 is 10.1 Å². The first-order valence-electron chi connectivity index (χ1n) is 9.62. The molecule has 1 aliphatic rings. The molecule has 6 nitrogen and oxygen atoms in total. The highest BCUT2D eigenvalue weighted by Gasteiger charge is 2.31. The molecule has 1 saturated heterocycles. The minimum Gasteiger partial charge on any atom is -0.492 e. The third-order valence-electron chi connectivity index (χ3n) is 4.89. The number of amides is 1. The van der Waals surface area contributed by atoms with Crippen LogP contribution in [0.15, 0.2) is 54.6 Å². The van der Waals surface area contributed by atoms with Crippen molar-refractivity contribution in [3.8, 4) is 5.75 Å². The van der Waals surface area contributed by atoms with E-state index < -0.39 is 10.0 Å². The largest absolute Gasteiger partial charge is 0.492 e. The summed E-state index contributed by atoms with van der Waals surface area (Å²) in [7, 11) is -3.41. The molecular weight excluding hydrogens is 412 g/mol. The van der Waals surface area contributed by atoms with Crippen molar-refractivity contribution in [2.45, 2.75) is 18.6 Å². The average Bonchev–Trinajstić information content (AvgIpc) is 2.73. The molecule has 2 aromatic rings. The molecule has 0 spiro atoms. The van der Waals surface area contributed by atoms with Crippen molar-refractivity contribution in [3.05, 3.63) is 65.2 Å². The molecule has 0 radical (unpaired) electrons. The van der Waals surface area contributed by atoms with Gasteiger partial charge in [-0.25, -0.2) is 12.7 Å². The Hall–Kier alpha value is -2.09. The van der Waals surface area contributed by atoms with Gasteiger partial charge in [0.2, 0.25) is 15.9 Å². The number of rotatable bonds is 8. The second-order valence-electron chi connectivity index (χ2n) is 7.01. The number of nitrogens with one attached hydrogen (secondary N) is 1. The van der Waals surface area contributed by atoms with Gasteiger partial charge >= 0.3 is 0 Å². The predicted octanol–water partition coefficient (Wildman–Crippen LogP) is 3.08. The standard InChI is InChI=1S/C21H25ClN2O4S/c22-19-8-6-17(7-9-19)16-29(26,27)24-13-10-18(11-14-24)21(25)23-12-15-28-20-4-2-1-3-5-20/h1-9,18H,10-16H2,(H,23,25). The SMILES string of the molecule is O=C(NCCOc1ccccc1)C1CCN(S(=O)(=O)Cc2ccc(Cl)cc2)CC1. The van der Waals surface area contributed by atoms with Gasteiger partial charge in [-0.1, -0.05) is 41.9 Å². The summed E-state index contributed by atoms with van der Waals surface area (Å²) < 4.78 is 32.3. The molecule has 1 heterocycles. The van der Waals surface area contributed by atoms with E-state index in [9.17, 15) is 13.2 Å². The highest BCUT2D eigenvalue weighted by Crippen LogP contribution is 2.22. The lowest BCUT2D eigenvalue weighted by Crippen LogP contribution is -2.43. The predicted molar refractivity (Wildman–Crippen MR) is 113 cm³/mol. The van der Waals surface area contributed by atoms with Crippen molar-refractivity contribution in [1.82, 2.24) is 9.62 Å². The number of hydrogen-bond acceptors (Lipinski definition) is 4. The number of sulfonamides is 1. The van der Waals surface area contributed by atoms with E-state index in [2.05, 4.69) is 5.32 Å². The van der Waals surface area contributed by atoms with Gasteiger partial charge in [-0.05, 0) is 42.7 Å². The zero-order chi connectivity index (χ0) is 20.7. The molecule has 0 saturated carbocycles. The van der Waals surface area contributed by atoms with E-state index in [0.29, 0.717) is 49.7 Å². The Morgan fingerprint density at radius 3 is 2.38 bits per heavy atom. The Morgan fingerprint density at radius 2 is 1.72 bits per heavy atom. The maximum absolute atomic E-state index is 12.6. The van der Waals surface area contributed by atoms with Gasteiger partial charge in [0.15, 0.2) is 0 Å². The average molecular weight is 437 g/mol. The van der Waals surface area contributed by atoms with Gasteiger partial charge in [0, 0.05) is 24.0 Å². The first-order chi connectivity index (χ1) is 13.9. The zero-order valence-electron chi connectivity index (χ0n) is 16.1. The van der Waals surface area contributed by atoms with Crippen molar-refractivity contribution in [2.24, 2.45) is 5.92 Å².